The predicted molar refractivity (Wildman–Crippen MR) is 138 cm³/mol. The molecule has 2 atom stereocenters. The maximum atomic E-state index is 14.0. The van der Waals surface area contributed by atoms with E-state index in [2.05, 4.69) is 10.6 Å². The molecule has 0 saturated carbocycles. The number of hydrogen-bond acceptors (Lipinski definition) is 5. The zero-order valence-electron chi connectivity index (χ0n) is 21.9. The molecular formula is C28H36N4O4. The smallest absolute Gasteiger partial charge is 0.408 e. The van der Waals surface area contributed by atoms with Gasteiger partial charge in [-0.25, -0.2) is 4.79 Å². The first-order valence-corrected chi connectivity index (χ1v) is 12.0. The minimum atomic E-state index is -1.06. The van der Waals surface area contributed by atoms with E-state index in [1.54, 1.807) is 32.9 Å². The molecule has 0 saturated heterocycles. The van der Waals surface area contributed by atoms with E-state index in [9.17, 15) is 19.6 Å². The van der Waals surface area contributed by atoms with Crippen LogP contribution in [0.2, 0.25) is 0 Å². The Labute approximate surface area is 213 Å². The average molecular weight is 493 g/mol. The molecular weight excluding hydrogens is 456 g/mol. The van der Waals surface area contributed by atoms with E-state index in [-0.39, 0.29) is 19.0 Å². The number of rotatable bonds is 9. The highest BCUT2D eigenvalue weighted by atomic mass is 16.6. The highest BCUT2D eigenvalue weighted by Gasteiger charge is 2.36. The predicted octanol–water partition coefficient (Wildman–Crippen LogP) is 4.05. The quantitative estimate of drug-likeness (QED) is 0.513. The first-order chi connectivity index (χ1) is 16.9. The normalized spacial score (nSPS) is 12.7. The van der Waals surface area contributed by atoms with Crippen molar-refractivity contribution in [2.45, 2.75) is 71.7 Å². The maximum absolute atomic E-state index is 14.0. The van der Waals surface area contributed by atoms with Crippen LogP contribution in [0.5, 0.6) is 0 Å². The molecule has 0 spiro atoms. The highest BCUT2D eigenvalue weighted by Crippen LogP contribution is 2.24. The fourth-order valence-electron chi connectivity index (χ4n) is 3.75. The highest BCUT2D eigenvalue weighted by molar-refractivity contribution is 5.92. The van der Waals surface area contributed by atoms with Gasteiger partial charge >= 0.3 is 6.09 Å². The van der Waals surface area contributed by atoms with Gasteiger partial charge in [0.1, 0.15) is 24.2 Å². The van der Waals surface area contributed by atoms with Crippen molar-refractivity contribution < 1.29 is 19.1 Å². The zero-order valence-corrected chi connectivity index (χ0v) is 21.9. The lowest BCUT2D eigenvalue weighted by Crippen LogP contribution is -2.54. The van der Waals surface area contributed by atoms with Gasteiger partial charge in [0.15, 0.2) is 0 Å². The Morgan fingerprint density at radius 2 is 1.69 bits per heavy atom. The van der Waals surface area contributed by atoms with Crippen molar-refractivity contribution in [1.82, 2.24) is 15.5 Å². The lowest BCUT2D eigenvalue weighted by atomic mass is 9.99. The molecule has 0 fully saturated rings. The SMILES string of the molecule is Cc1cccc(C(C(=O)NC(C)C)N(CC#N)C(=O)C(Cc2ccccc2)NC(=O)OC(C)(C)C)c1. The van der Waals surface area contributed by atoms with Gasteiger partial charge in [0.05, 0.1) is 6.07 Å². The lowest BCUT2D eigenvalue weighted by molar-refractivity contribution is -0.142. The van der Waals surface area contributed by atoms with Crippen LogP contribution < -0.4 is 10.6 Å². The Morgan fingerprint density at radius 3 is 2.25 bits per heavy atom. The van der Waals surface area contributed by atoms with Gasteiger partial charge in [-0.1, -0.05) is 60.2 Å². The van der Waals surface area contributed by atoms with Crippen molar-refractivity contribution in [3.8, 4) is 6.07 Å². The van der Waals surface area contributed by atoms with Crippen LogP contribution in [0.25, 0.3) is 0 Å². The van der Waals surface area contributed by atoms with Crippen LogP contribution in [0.15, 0.2) is 54.6 Å². The molecule has 0 heterocycles. The summed E-state index contributed by atoms with van der Waals surface area (Å²) in [5, 5.41) is 15.1. The largest absolute Gasteiger partial charge is 0.444 e. The Bertz CT molecular complexity index is 1090. The number of nitriles is 1. The Balaban J connectivity index is 2.51. The van der Waals surface area contributed by atoms with Crippen molar-refractivity contribution in [2.75, 3.05) is 6.54 Å². The third-order valence-corrected chi connectivity index (χ3v) is 5.14. The second-order valence-electron chi connectivity index (χ2n) is 9.99. The summed E-state index contributed by atoms with van der Waals surface area (Å²) >= 11 is 0. The number of nitrogens with zero attached hydrogens (tertiary/aromatic N) is 2. The molecule has 192 valence electrons. The number of ether oxygens (including phenoxy) is 1. The zero-order chi connectivity index (χ0) is 26.9. The summed E-state index contributed by atoms with van der Waals surface area (Å²) in [6.45, 7) is 10.4. The molecule has 8 heteroatoms. The monoisotopic (exact) mass is 492 g/mol. The van der Waals surface area contributed by atoms with Crippen LogP contribution >= 0.6 is 0 Å². The topological polar surface area (TPSA) is 112 Å². The number of carbonyl (C=O) groups is 3. The molecule has 0 aromatic heterocycles. The van der Waals surface area contributed by atoms with E-state index < -0.39 is 35.6 Å². The Hall–Kier alpha value is -3.86. The summed E-state index contributed by atoms with van der Waals surface area (Å²) in [6, 6.07) is 16.2. The molecule has 8 nitrogen and oxygen atoms in total. The van der Waals surface area contributed by atoms with Gasteiger partial charge in [0.25, 0.3) is 0 Å². The molecule has 0 bridgehead atoms. The molecule has 2 aromatic carbocycles. The average Bonchev–Trinajstić information content (AvgIpc) is 2.77. The standard InChI is InChI=1S/C28H36N4O4/c1-19(2)30-25(33)24(22-14-10-11-20(3)17-22)32(16-15-29)26(34)23(18-21-12-8-7-9-13-21)31-27(35)36-28(4,5)6/h7-14,17,19,23-24H,16,18H2,1-6H3,(H,30,33)(H,31,35). The van der Waals surface area contributed by atoms with Crippen molar-refractivity contribution in [3.63, 3.8) is 0 Å². The second-order valence-corrected chi connectivity index (χ2v) is 9.99. The van der Waals surface area contributed by atoms with Gasteiger partial charge in [-0.05, 0) is 52.7 Å². The molecule has 36 heavy (non-hydrogen) atoms. The molecule has 2 unspecified atom stereocenters. The summed E-state index contributed by atoms with van der Waals surface area (Å²) in [5.74, 6) is -0.966. The summed E-state index contributed by atoms with van der Waals surface area (Å²) in [6.07, 6.45) is -0.597. The van der Waals surface area contributed by atoms with Crippen molar-refractivity contribution in [2.24, 2.45) is 0 Å². The minimum absolute atomic E-state index is 0.160. The maximum Gasteiger partial charge on any atom is 0.408 e. The molecule has 0 radical (unpaired) electrons. The van der Waals surface area contributed by atoms with Crippen LogP contribution in [0.4, 0.5) is 4.79 Å². The molecule has 2 rings (SSSR count). The fraction of sp³-hybridized carbons (Fsp3) is 0.429. The van der Waals surface area contributed by atoms with E-state index in [4.69, 9.17) is 4.74 Å². The van der Waals surface area contributed by atoms with E-state index in [1.807, 2.05) is 69.3 Å². The van der Waals surface area contributed by atoms with Crippen LogP contribution in [0, 0.1) is 18.3 Å². The van der Waals surface area contributed by atoms with Crippen LogP contribution in [0.3, 0.4) is 0 Å². The summed E-state index contributed by atoms with van der Waals surface area (Å²) in [4.78, 5) is 41.2. The number of carbonyl (C=O) groups excluding carboxylic acids is 3. The first kappa shape index (κ1) is 28.4. The van der Waals surface area contributed by atoms with Crippen LogP contribution in [-0.2, 0) is 20.7 Å². The van der Waals surface area contributed by atoms with E-state index in [0.717, 1.165) is 11.1 Å². The number of alkyl carbamates (subject to hydrolysis) is 1. The Kier molecular flexibility index (Phi) is 10.0. The molecule has 0 aliphatic heterocycles. The lowest BCUT2D eigenvalue weighted by Gasteiger charge is -2.33. The molecule has 2 N–H and O–H groups in total. The second kappa shape index (κ2) is 12.7. The number of amides is 3. The fourth-order valence-corrected chi connectivity index (χ4v) is 3.75. The summed E-state index contributed by atoms with van der Waals surface area (Å²) in [5.41, 5.74) is 1.53. The number of nitrogens with one attached hydrogen (secondary N) is 2. The van der Waals surface area contributed by atoms with E-state index >= 15 is 0 Å². The third-order valence-electron chi connectivity index (χ3n) is 5.14. The summed E-state index contributed by atoms with van der Waals surface area (Å²) < 4.78 is 5.39. The number of hydrogen-bond donors (Lipinski definition) is 2. The van der Waals surface area contributed by atoms with Gasteiger partial charge in [-0.2, -0.15) is 5.26 Å². The van der Waals surface area contributed by atoms with Crippen molar-refractivity contribution in [3.05, 3.63) is 71.3 Å². The van der Waals surface area contributed by atoms with Crippen LogP contribution in [0.1, 0.15) is 57.4 Å². The third kappa shape index (κ3) is 8.73. The molecule has 3 amide bonds. The van der Waals surface area contributed by atoms with E-state index in [0.29, 0.717) is 5.56 Å². The number of aryl methyl sites for hydroxylation is 1. The first-order valence-electron chi connectivity index (χ1n) is 12.0. The van der Waals surface area contributed by atoms with Gasteiger partial charge in [0, 0.05) is 12.5 Å². The molecule has 2 aromatic rings. The van der Waals surface area contributed by atoms with Gasteiger partial charge in [-0.15, -0.1) is 0 Å². The van der Waals surface area contributed by atoms with E-state index in [1.165, 1.54) is 4.90 Å². The number of benzene rings is 2. The minimum Gasteiger partial charge on any atom is -0.444 e. The Morgan fingerprint density at radius 1 is 1.03 bits per heavy atom. The van der Waals surface area contributed by atoms with Gasteiger partial charge < -0.3 is 20.3 Å². The van der Waals surface area contributed by atoms with Crippen LogP contribution in [-0.4, -0.2) is 47.0 Å². The van der Waals surface area contributed by atoms with Crippen molar-refractivity contribution >= 4 is 17.9 Å². The molecule has 0 aliphatic rings. The van der Waals surface area contributed by atoms with Crippen molar-refractivity contribution in [1.29, 1.82) is 5.26 Å². The summed E-state index contributed by atoms with van der Waals surface area (Å²) in [7, 11) is 0. The van der Waals surface area contributed by atoms with Gasteiger partial charge in [0.2, 0.25) is 11.8 Å². The molecule has 0 aliphatic carbocycles. The van der Waals surface area contributed by atoms with Gasteiger partial charge in [-0.3, -0.25) is 9.59 Å².